The Hall–Kier alpha value is -1.95. The Morgan fingerprint density at radius 2 is 1.80 bits per heavy atom. The first kappa shape index (κ1) is 14.5. The Labute approximate surface area is 128 Å². The average molecular weight is 304 g/mol. The first-order chi connectivity index (χ1) is 9.70. The fourth-order valence-corrected chi connectivity index (χ4v) is 2.18. The number of halogens is 2. The fourth-order valence-electron chi connectivity index (χ4n) is 1.57. The van der Waals surface area contributed by atoms with Gasteiger partial charge in [-0.3, -0.25) is 4.99 Å². The molecule has 0 saturated carbocycles. The van der Waals surface area contributed by atoms with E-state index in [1.54, 1.807) is 18.3 Å². The molecule has 0 aromatic heterocycles. The van der Waals surface area contributed by atoms with Crippen molar-refractivity contribution >= 4 is 35.1 Å². The monoisotopic (exact) mass is 303 g/mol. The molecular weight excluding hydrogens is 293 g/mol. The molecule has 2 rings (SSSR count). The molecule has 0 aliphatic rings. The second-order valence-corrected chi connectivity index (χ2v) is 4.71. The zero-order valence-electron chi connectivity index (χ0n) is 10.5. The molecule has 0 saturated heterocycles. The van der Waals surface area contributed by atoms with Gasteiger partial charge in [-0.1, -0.05) is 47.3 Å². The van der Waals surface area contributed by atoms with Gasteiger partial charge < -0.3 is 4.74 Å². The van der Waals surface area contributed by atoms with Crippen LogP contribution in [0.3, 0.4) is 0 Å². The summed E-state index contributed by atoms with van der Waals surface area (Å²) in [6.07, 6.45) is 6.83. The molecule has 0 unspecified atom stereocenters. The quantitative estimate of drug-likeness (QED) is 0.589. The molecule has 100 valence electrons. The number of benzene rings is 2. The highest BCUT2D eigenvalue weighted by Crippen LogP contribution is 2.33. The van der Waals surface area contributed by atoms with Crippen LogP contribution in [0.15, 0.2) is 47.5 Å². The zero-order chi connectivity index (χ0) is 14.4. The summed E-state index contributed by atoms with van der Waals surface area (Å²) in [6, 6.07) is 13.0. The van der Waals surface area contributed by atoms with E-state index in [0.717, 1.165) is 11.3 Å². The molecule has 2 aromatic carbocycles. The van der Waals surface area contributed by atoms with E-state index in [-0.39, 0.29) is 6.61 Å². The number of ether oxygens (including phenoxy) is 1. The van der Waals surface area contributed by atoms with Crippen molar-refractivity contribution in [3.63, 3.8) is 0 Å². The number of hydrogen-bond acceptors (Lipinski definition) is 2. The summed E-state index contributed by atoms with van der Waals surface area (Å²) >= 11 is 12.2. The maximum absolute atomic E-state index is 6.11. The first-order valence-electron chi connectivity index (χ1n) is 5.85. The normalized spacial score (nSPS) is 10.4. The van der Waals surface area contributed by atoms with Crippen LogP contribution >= 0.6 is 23.2 Å². The fraction of sp³-hybridized carbons (Fsp3) is 0.0625. The van der Waals surface area contributed by atoms with Crippen molar-refractivity contribution in [2.24, 2.45) is 4.99 Å². The second kappa shape index (κ2) is 7.00. The van der Waals surface area contributed by atoms with Crippen LogP contribution in [-0.2, 0) is 0 Å². The number of hydrogen-bond donors (Lipinski definition) is 0. The standard InChI is InChI=1S/C16H11Cl2NO/c1-2-8-20-16-14(17)9-12(10-15(16)18)11-19-13-6-4-3-5-7-13/h1,3-7,9-11H,8H2. The van der Waals surface area contributed by atoms with Gasteiger partial charge in [0.2, 0.25) is 0 Å². The van der Waals surface area contributed by atoms with Gasteiger partial charge in [0.25, 0.3) is 0 Å². The minimum atomic E-state index is 0.122. The summed E-state index contributed by atoms with van der Waals surface area (Å²) in [4.78, 5) is 4.34. The molecular formula is C16H11Cl2NO. The van der Waals surface area contributed by atoms with Crippen molar-refractivity contribution in [1.29, 1.82) is 0 Å². The van der Waals surface area contributed by atoms with E-state index >= 15 is 0 Å². The second-order valence-electron chi connectivity index (χ2n) is 3.90. The van der Waals surface area contributed by atoms with Gasteiger partial charge in [0.15, 0.2) is 5.75 Å². The van der Waals surface area contributed by atoms with E-state index in [9.17, 15) is 0 Å². The van der Waals surface area contributed by atoms with E-state index in [2.05, 4.69) is 10.9 Å². The molecule has 0 heterocycles. The molecule has 2 nitrogen and oxygen atoms in total. The highest BCUT2D eigenvalue weighted by molar-refractivity contribution is 6.37. The van der Waals surface area contributed by atoms with Crippen LogP contribution in [-0.4, -0.2) is 12.8 Å². The minimum absolute atomic E-state index is 0.122. The number of para-hydroxylation sites is 1. The third-order valence-electron chi connectivity index (χ3n) is 2.44. The molecule has 0 N–H and O–H groups in total. The maximum Gasteiger partial charge on any atom is 0.157 e. The van der Waals surface area contributed by atoms with Gasteiger partial charge in [0.05, 0.1) is 15.7 Å². The summed E-state index contributed by atoms with van der Waals surface area (Å²) < 4.78 is 5.29. The third-order valence-corrected chi connectivity index (χ3v) is 3.00. The highest BCUT2D eigenvalue weighted by Gasteiger charge is 2.08. The van der Waals surface area contributed by atoms with Crippen molar-refractivity contribution in [2.45, 2.75) is 0 Å². The van der Waals surface area contributed by atoms with E-state index in [1.165, 1.54) is 0 Å². The Kier molecular flexibility index (Phi) is 5.06. The molecule has 0 radical (unpaired) electrons. The number of terminal acetylenes is 1. The van der Waals surface area contributed by atoms with Gasteiger partial charge in [-0.05, 0) is 29.8 Å². The molecule has 4 heteroatoms. The summed E-state index contributed by atoms with van der Waals surface area (Å²) in [5, 5.41) is 0.810. The third kappa shape index (κ3) is 3.77. The molecule has 0 bridgehead atoms. The lowest BCUT2D eigenvalue weighted by Crippen LogP contribution is -1.96. The Bertz CT molecular complexity index is 637. The van der Waals surface area contributed by atoms with Crippen LogP contribution in [0.4, 0.5) is 5.69 Å². The van der Waals surface area contributed by atoms with E-state index in [4.69, 9.17) is 34.4 Å². The Morgan fingerprint density at radius 1 is 1.15 bits per heavy atom. The molecule has 20 heavy (non-hydrogen) atoms. The molecule has 0 amide bonds. The first-order valence-corrected chi connectivity index (χ1v) is 6.60. The van der Waals surface area contributed by atoms with Gasteiger partial charge >= 0.3 is 0 Å². The summed E-state index contributed by atoms with van der Waals surface area (Å²) in [5.41, 5.74) is 1.64. The lowest BCUT2D eigenvalue weighted by atomic mass is 10.2. The Balaban J connectivity index is 2.22. The largest absolute Gasteiger partial charge is 0.478 e. The average Bonchev–Trinajstić information content (AvgIpc) is 2.45. The highest BCUT2D eigenvalue weighted by atomic mass is 35.5. The van der Waals surface area contributed by atoms with Gasteiger partial charge in [-0.15, -0.1) is 6.42 Å². The predicted molar refractivity (Wildman–Crippen MR) is 84.5 cm³/mol. The van der Waals surface area contributed by atoms with Crippen LogP contribution in [0.2, 0.25) is 10.0 Å². The predicted octanol–water partition coefficient (Wildman–Crippen LogP) is 4.76. The van der Waals surface area contributed by atoms with E-state index in [1.807, 2.05) is 30.3 Å². The number of nitrogens with zero attached hydrogens (tertiary/aromatic N) is 1. The summed E-state index contributed by atoms with van der Waals surface area (Å²) in [6.45, 7) is 0.122. The molecule has 2 aromatic rings. The van der Waals surface area contributed by atoms with Crippen molar-refractivity contribution < 1.29 is 4.74 Å². The lowest BCUT2D eigenvalue weighted by Gasteiger charge is -2.08. The SMILES string of the molecule is C#CCOc1c(Cl)cc(C=Nc2ccccc2)cc1Cl. The van der Waals surface area contributed by atoms with Gasteiger partial charge in [-0.25, -0.2) is 0 Å². The summed E-state index contributed by atoms with van der Waals surface area (Å²) in [5.74, 6) is 2.76. The number of rotatable bonds is 4. The minimum Gasteiger partial charge on any atom is -0.478 e. The van der Waals surface area contributed by atoms with Crippen LogP contribution in [0.5, 0.6) is 5.75 Å². The van der Waals surface area contributed by atoms with Crippen molar-refractivity contribution in [2.75, 3.05) is 6.61 Å². The molecule has 0 fully saturated rings. The number of aliphatic imine (C=N–C) groups is 1. The Morgan fingerprint density at radius 3 is 2.40 bits per heavy atom. The van der Waals surface area contributed by atoms with Crippen LogP contribution in [0, 0.1) is 12.3 Å². The molecule has 0 atom stereocenters. The van der Waals surface area contributed by atoms with E-state index < -0.39 is 0 Å². The van der Waals surface area contributed by atoms with Crippen LogP contribution in [0.25, 0.3) is 0 Å². The van der Waals surface area contributed by atoms with Crippen molar-refractivity contribution in [3.05, 3.63) is 58.1 Å². The summed E-state index contributed by atoms with van der Waals surface area (Å²) in [7, 11) is 0. The lowest BCUT2D eigenvalue weighted by molar-refractivity contribution is 0.371. The van der Waals surface area contributed by atoms with Gasteiger partial charge in [0.1, 0.15) is 6.61 Å². The van der Waals surface area contributed by atoms with E-state index in [0.29, 0.717) is 15.8 Å². The van der Waals surface area contributed by atoms with Crippen molar-refractivity contribution in [1.82, 2.24) is 0 Å². The zero-order valence-corrected chi connectivity index (χ0v) is 12.0. The molecule has 0 spiro atoms. The van der Waals surface area contributed by atoms with Gasteiger partial charge in [-0.2, -0.15) is 0 Å². The van der Waals surface area contributed by atoms with Crippen LogP contribution in [0.1, 0.15) is 5.56 Å². The molecule has 0 aliphatic carbocycles. The topological polar surface area (TPSA) is 21.6 Å². The van der Waals surface area contributed by atoms with Crippen LogP contribution < -0.4 is 4.74 Å². The maximum atomic E-state index is 6.11. The van der Waals surface area contributed by atoms with Gasteiger partial charge in [0, 0.05) is 6.21 Å². The van der Waals surface area contributed by atoms with Crippen molar-refractivity contribution in [3.8, 4) is 18.1 Å². The molecule has 0 aliphatic heterocycles. The smallest absolute Gasteiger partial charge is 0.157 e.